The van der Waals surface area contributed by atoms with E-state index in [1.165, 1.54) is 0 Å². The minimum absolute atomic E-state index is 0.252. The van der Waals surface area contributed by atoms with Gasteiger partial charge in [0.25, 0.3) is 5.91 Å². The maximum atomic E-state index is 13.0. The second-order valence-electron chi connectivity index (χ2n) is 7.85. The van der Waals surface area contributed by atoms with E-state index in [0.717, 1.165) is 11.8 Å². The summed E-state index contributed by atoms with van der Waals surface area (Å²) in [6, 6.07) is 10.3. The average Bonchev–Trinajstić information content (AvgIpc) is 2.60. The first-order valence-electron chi connectivity index (χ1n) is 9.24. The number of fused-ring (bicyclic) bond motifs is 1. The van der Waals surface area contributed by atoms with Gasteiger partial charge in [-0.1, -0.05) is 6.07 Å². The summed E-state index contributed by atoms with van der Waals surface area (Å²) >= 11 is 0. The van der Waals surface area contributed by atoms with E-state index in [1.807, 2.05) is 32.0 Å². The maximum Gasteiger partial charge on any atom is 0.252 e. The number of ether oxygens (including phenoxy) is 2. The molecule has 1 unspecified atom stereocenters. The molecule has 2 N–H and O–H groups in total. The highest BCUT2D eigenvalue weighted by atomic mass is 32.2. The first-order valence-corrected chi connectivity index (χ1v) is 11.1. The molecule has 1 aliphatic heterocycles. The molecule has 1 atom stereocenters. The first kappa shape index (κ1) is 21.0. The Morgan fingerprint density at radius 2 is 1.97 bits per heavy atom. The zero-order valence-electron chi connectivity index (χ0n) is 17.2. The van der Waals surface area contributed by atoms with Gasteiger partial charge in [0, 0.05) is 23.6 Å². The van der Waals surface area contributed by atoms with Gasteiger partial charge in [-0.2, -0.15) is 0 Å². The van der Waals surface area contributed by atoms with Gasteiger partial charge in [-0.3, -0.25) is 9.52 Å². The maximum absolute atomic E-state index is 13.0. The molecule has 156 valence electrons. The fourth-order valence-corrected chi connectivity index (χ4v) is 4.14. The van der Waals surface area contributed by atoms with Crippen LogP contribution in [0.2, 0.25) is 0 Å². The molecule has 0 aromatic heterocycles. The number of benzene rings is 2. The lowest BCUT2D eigenvalue weighted by Gasteiger charge is -2.38. The predicted molar refractivity (Wildman–Crippen MR) is 112 cm³/mol. The number of carbonyl (C=O) groups excluding carboxylic acids is 1. The minimum Gasteiger partial charge on any atom is -0.497 e. The zero-order valence-corrected chi connectivity index (χ0v) is 18.0. The molecule has 3 rings (SSSR count). The van der Waals surface area contributed by atoms with Crippen LogP contribution in [0.5, 0.6) is 11.5 Å². The highest BCUT2D eigenvalue weighted by molar-refractivity contribution is 7.92. The van der Waals surface area contributed by atoms with Crippen LogP contribution in [0.4, 0.5) is 5.69 Å². The van der Waals surface area contributed by atoms with Crippen LogP contribution in [0.1, 0.15) is 47.8 Å². The lowest BCUT2D eigenvalue weighted by molar-refractivity contribution is 0.0617. The van der Waals surface area contributed by atoms with E-state index in [9.17, 15) is 13.2 Å². The smallest absolute Gasteiger partial charge is 0.252 e. The van der Waals surface area contributed by atoms with Crippen molar-refractivity contribution in [2.45, 2.75) is 38.8 Å². The van der Waals surface area contributed by atoms with E-state index in [-0.39, 0.29) is 11.9 Å². The Kier molecular flexibility index (Phi) is 5.49. The van der Waals surface area contributed by atoms with E-state index >= 15 is 0 Å². The van der Waals surface area contributed by atoms with Gasteiger partial charge in [0.15, 0.2) is 0 Å². The monoisotopic (exact) mass is 418 g/mol. The highest BCUT2D eigenvalue weighted by Gasteiger charge is 2.35. The van der Waals surface area contributed by atoms with Crippen LogP contribution < -0.4 is 19.5 Å². The number of anilines is 1. The Morgan fingerprint density at radius 1 is 1.24 bits per heavy atom. The van der Waals surface area contributed by atoms with Crippen LogP contribution in [-0.4, -0.2) is 33.3 Å². The number of rotatable bonds is 5. The number of sulfonamides is 1. The van der Waals surface area contributed by atoms with Gasteiger partial charge < -0.3 is 14.8 Å². The van der Waals surface area contributed by atoms with Gasteiger partial charge in [-0.25, -0.2) is 8.42 Å². The van der Waals surface area contributed by atoms with E-state index in [2.05, 4.69) is 10.0 Å². The van der Waals surface area contributed by atoms with Crippen molar-refractivity contribution in [2.24, 2.45) is 0 Å². The molecule has 8 heteroatoms. The van der Waals surface area contributed by atoms with Gasteiger partial charge in [-0.15, -0.1) is 0 Å². The number of amides is 1. The number of methoxy groups -OCH3 is 1. The molecule has 1 aliphatic rings. The van der Waals surface area contributed by atoms with Crippen molar-refractivity contribution in [3.05, 3.63) is 53.1 Å². The second-order valence-corrected chi connectivity index (χ2v) is 9.60. The van der Waals surface area contributed by atoms with Crippen molar-refractivity contribution < 1.29 is 22.7 Å². The van der Waals surface area contributed by atoms with E-state index in [0.29, 0.717) is 34.7 Å². The Bertz CT molecular complexity index is 1050. The summed E-state index contributed by atoms with van der Waals surface area (Å²) < 4.78 is 36.9. The van der Waals surface area contributed by atoms with Gasteiger partial charge >= 0.3 is 0 Å². The summed E-state index contributed by atoms with van der Waals surface area (Å²) in [5, 5.41) is 3.08. The summed E-state index contributed by atoms with van der Waals surface area (Å²) in [6.07, 6.45) is 1.67. The Balaban J connectivity index is 1.91. The van der Waals surface area contributed by atoms with Crippen LogP contribution in [0, 0.1) is 6.92 Å². The van der Waals surface area contributed by atoms with Gasteiger partial charge in [0.2, 0.25) is 10.0 Å². The molecule has 0 saturated carbocycles. The van der Waals surface area contributed by atoms with Crippen LogP contribution in [0.15, 0.2) is 36.4 Å². The number of hydrogen-bond acceptors (Lipinski definition) is 5. The van der Waals surface area contributed by atoms with Gasteiger partial charge in [0.1, 0.15) is 17.1 Å². The Hall–Kier alpha value is -2.74. The predicted octanol–water partition coefficient (Wildman–Crippen LogP) is 3.41. The number of nitrogens with one attached hydrogen (secondary N) is 2. The van der Waals surface area contributed by atoms with E-state index in [4.69, 9.17) is 9.47 Å². The van der Waals surface area contributed by atoms with Crippen LogP contribution >= 0.6 is 0 Å². The zero-order chi connectivity index (χ0) is 21.4. The third kappa shape index (κ3) is 4.82. The highest BCUT2D eigenvalue weighted by Crippen LogP contribution is 2.41. The van der Waals surface area contributed by atoms with Crippen molar-refractivity contribution in [3.8, 4) is 11.5 Å². The fraction of sp³-hybridized carbons (Fsp3) is 0.381. The third-order valence-corrected chi connectivity index (χ3v) is 5.45. The largest absolute Gasteiger partial charge is 0.497 e. The fourth-order valence-electron chi connectivity index (χ4n) is 3.52. The van der Waals surface area contributed by atoms with Crippen molar-refractivity contribution >= 4 is 21.6 Å². The molecule has 29 heavy (non-hydrogen) atoms. The Morgan fingerprint density at radius 3 is 2.62 bits per heavy atom. The summed E-state index contributed by atoms with van der Waals surface area (Å²) in [7, 11) is -1.85. The van der Waals surface area contributed by atoms with E-state index < -0.39 is 15.6 Å². The average molecular weight is 419 g/mol. The first-order chi connectivity index (χ1) is 13.5. The molecule has 2 aromatic carbocycles. The van der Waals surface area contributed by atoms with Crippen LogP contribution in [0.25, 0.3) is 0 Å². The lowest BCUT2D eigenvalue weighted by Crippen LogP contribution is -2.41. The van der Waals surface area contributed by atoms with Crippen molar-refractivity contribution in [1.29, 1.82) is 0 Å². The van der Waals surface area contributed by atoms with Crippen LogP contribution in [0.3, 0.4) is 0 Å². The topological polar surface area (TPSA) is 93.7 Å². The molecule has 0 radical (unpaired) electrons. The lowest BCUT2D eigenvalue weighted by atomic mass is 9.89. The summed E-state index contributed by atoms with van der Waals surface area (Å²) in [6.45, 7) is 5.65. The molecular formula is C21H26N2O5S. The normalized spacial score (nSPS) is 17.6. The molecule has 1 heterocycles. The van der Waals surface area contributed by atoms with Crippen LogP contribution in [-0.2, 0) is 10.0 Å². The quantitative estimate of drug-likeness (QED) is 0.776. The molecule has 0 spiro atoms. The number of hydrogen-bond donors (Lipinski definition) is 2. The molecule has 0 fully saturated rings. The summed E-state index contributed by atoms with van der Waals surface area (Å²) in [5.74, 6) is 1.08. The molecule has 0 bridgehead atoms. The molecule has 0 aliphatic carbocycles. The Labute approximate surface area is 171 Å². The molecule has 7 nitrogen and oxygen atoms in total. The SMILES string of the molecule is COc1ccc2c(c1)OC(C)(C)CC2NC(=O)c1cccc(NS(C)(=O)=O)c1C. The third-order valence-electron chi connectivity index (χ3n) is 4.86. The molecular weight excluding hydrogens is 392 g/mol. The van der Waals surface area contributed by atoms with Crippen molar-refractivity contribution in [2.75, 3.05) is 18.1 Å². The summed E-state index contributed by atoms with van der Waals surface area (Å²) in [4.78, 5) is 13.0. The van der Waals surface area contributed by atoms with Gasteiger partial charge in [0.05, 0.1) is 25.1 Å². The summed E-state index contributed by atoms with van der Waals surface area (Å²) in [5.41, 5.74) is 1.78. The number of carbonyl (C=O) groups is 1. The standard InChI is InChI=1S/C21H26N2O5S/c1-13-15(7-6-8-17(13)23-29(5,25)26)20(24)22-18-12-21(2,3)28-19-11-14(27-4)9-10-16(18)19/h6-11,18,23H,12H2,1-5H3,(H,22,24). The second kappa shape index (κ2) is 7.59. The molecule has 1 amide bonds. The van der Waals surface area contributed by atoms with Gasteiger partial charge in [-0.05, 0) is 50.6 Å². The molecule has 2 aromatic rings. The minimum atomic E-state index is -3.44. The van der Waals surface area contributed by atoms with E-state index in [1.54, 1.807) is 32.2 Å². The van der Waals surface area contributed by atoms with Crippen molar-refractivity contribution in [3.63, 3.8) is 0 Å². The van der Waals surface area contributed by atoms with Crippen molar-refractivity contribution in [1.82, 2.24) is 5.32 Å². The molecule has 0 saturated heterocycles.